The van der Waals surface area contributed by atoms with Crippen LogP contribution in [-0.4, -0.2) is 71.1 Å². The Morgan fingerprint density at radius 1 is 0.882 bits per heavy atom. The second-order valence-electron chi connectivity index (χ2n) is 8.27. The molecule has 8 nitrogen and oxygen atoms in total. The van der Waals surface area contributed by atoms with Gasteiger partial charge in [0.1, 0.15) is 5.01 Å². The molecule has 178 valence electrons. The van der Waals surface area contributed by atoms with E-state index in [-0.39, 0.29) is 11.8 Å². The predicted octanol–water partition coefficient (Wildman–Crippen LogP) is 2.66. The third kappa shape index (κ3) is 7.44. The number of nitrogens with zero attached hydrogens (tertiary/aromatic N) is 4. The maximum atomic E-state index is 12.3. The molecule has 0 spiro atoms. The molecule has 0 unspecified atom stereocenters. The fraction of sp³-hybridized carbons (Fsp3) is 0.360. The summed E-state index contributed by atoms with van der Waals surface area (Å²) in [6.45, 7) is 6.60. The van der Waals surface area contributed by atoms with Crippen LogP contribution in [0.2, 0.25) is 0 Å². The summed E-state index contributed by atoms with van der Waals surface area (Å²) in [6.07, 6.45) is 0.806. The molecule has 3 aromatic rings. The van der Waals surface area contributed by atoms with Gasteiger partial charge in [0.15, 0.2) is 0 Å². The van der Waals surface area contributed by atoms with E-state index in [2.05, 4.69) is 54.9 Å². The lowest BCUT2D eigenvalue weighted by molar-refractivity contribution is -0.121. The Morgan fingerprint density at radius 3 is 2.29 bits per heavy atom. The lowest BCUT2D eigenvalue weighted by Crippen LogP contribution is -2.48. The molecule has 0 bridgehead atoms. The first-order valence-corrected chi connectivity index (χ1v) is 12.4. The monoisotopic (exact) mass is 478 g/mol. The first-order valence-electron chi connectivity index (χ1n) is 11.6. The first kappa shape index (κ1) is 24.0. The average molecular weight is 479 g/mol. The van der Waals surface area contributed by atoms with Crippen LogP contribution < -0.4 is 10.6 Å². The lowest BCUT2D eigenvalue weighted by Gasteiger charge is -2.34. The number of nitrogens with one attached hydrogen (secondary N) is 2. The van der Waals surface area contributed by atoms with E-state index < -0.39 is 0 Å². The number of hydrogen-bond donors (Lipinski definition) is 2. The number of benzene rings is 2. The highest BCUT2D eigenvalue weighted by atomic mass is 32.1. The molecule has 9 heteroatoms. The smallest absolute Gasteiger partial charge is 0.286 e. The number of aryl methyl sites for hydroxylation is 1. The molecule has 0 aliphatic carbocycles. The normalized spacial score (nSPS) is 14.6. The van der Waals surface area contributed by atoms with E-state index in [0.717, 1.165) is 39.3 Å². The molecule has 2 N–H and O–H groups in total. The molecular formula is C25H30N6O2S. The number of carbonyl (C=O) groups is 2. The summed E-state index contributed by atoms with van der Waals surface area (Å²) in [5, 5.41) is 14.8. The van der Waals surface area contributed by atoms with Gasteiger partial charge in [0.05, 0.1) is 0 Å². The van der Waals surface area contributed by atoms with Gasteiger partial charge in [-0.15, -0.1) is 10.2 Å². The number of rotatable bonds is 10. The fourth-order valence-electron chi connectivity index (χ4n) is 3.83. The van der Waals surface area contributed by atoms with Gasteiger partial charge in [0, 0.05) is 64.3 Å². The third-order valence-corrected chi connectivity index (χ3v) is 6.70. The highest BCUT2D eigenvalue weighted by Crippen LogP contribution is 2.14. The topological polar surface area (TPSA) is 90.5 Å². The Bertz CT molecular complexity index is 1050. The van der Waals surface area contributed by atoms with Gasteiger partial charge in [-0.2, -0.15) is 0 Å². The minimum Gasteiger partial charge on any atom is -0.355 e. The average Bonchev–Trinajstić information content (AvgIpc) is 3.35. The van der Waals surface area contributed by atoms with Crippen molar-refractivity contribution >= 4 is 28.8 Å². The van der Waals surface area contributed by atoms with E-state index in [9.17, 15) is 9.59 Å². The summed E-state index contributed by atoms with van der Waals surface area (Å²) in [5.74, 6) is -0.295. The summed E-state index contributed by atoms with van der Waals surface area (Å²) < 4.78 is 0. The minimum atomic E-state index is -0.289. The van der Waals surface area contributed by atoms with Gasteiger partial charge in [0.2, 0.25) is 10.9 Å². The van der Waals surface area contributed by atoms with Crippen molar-refractivity contribution in [1.29, 1.82) is 0 Å². The molecule has 0 radical (unpaired) electrons. The van der Waals surface area contributed by atoms with Gasteiger partial charge in [-0.3, -0.25) is 19.4 Å². The summed E-state index contributed by atoms with van der Waals surface area (Å²) >= 11 is 1.22. The van der Waals surface area contributed by atoms with Crippen LogP contribution >= 0.6 is 11.3 Å². The molecule has 1 saturated heterocycles. The van der Waals surface area contributed by atoms with Crippen LogP contribution in [0.4, 0.5) is 5.69 Å². The predicted molar refractivity (Wildman–Crippen MR) is 134 cm³/mol. The molecule has 2 heterocycles. The molecule has 1 aliphatic heterocycles. The highest BCUT2D eigenvalue weighted by molar-refractivity contribution is 7.13. The maximum Gasteiger partial charge on any atom is 0.286 e. The number of carbonyl (C=O) groups excluding carboxylic acids is 2. The zero-order valence-electron chi connectivity index (χ0n) is 19.2. The van der Waals surface area contributed by atoms with Gasteiger partial charge in [-0.25, -0.2) is 0 Å². The van der Waals surface area contributed by atoms with Crippen molar-refractivity contribution in [1.82, 2.24) is 25.3 Å². The van der Waals surface area contributed by atoms with E-state index in [0.29, 0.717) is 35.1 Å². The van der Waals surface area contributed by atoms with Gasteiger partial charge < -0.3 is 10.6 Å². The van der Waals surface area contributed by atoms with E-state index in [1.54, 1.807) is 0 Å². The maximum absolute atomic E-state index is 12.3. The second-order valence-corrected chi connectivity index (χ2v) is 9.34. The molecule has 1 aliphatic rings. The Hall–Kier alpha value is -3.14. The minimum absolute atomic E-state index is 0.00630. The van der Waals surface area contributed by atoms with Crippen molar-refractivity contribution in [3.8, 4) is 0 Å². The van der Waals surface area contributed by atoms with Crippen molar-refractivity contribution in [2.45, 2.75) is 19.4 Å². The largest absolute Gasteiger partial charge is 0.355 e. The van der Waals surface area contributed by atoms with E-state index in [4.69, 9.17) is 0 Å². The van der Waals surface area contributed by atoms with Crippen molar-refractivity contribution in [2.75, 3.05) is 44.6 Å². The standard InChI is InChI=1S/C25H30N6O2S/c32-22(11-12-23-28-29-25(34-23)24(33)27-21-9-5-2-6-10-21)26-13-14-30-15-17-31(18-16-30)19-20-7-3-1-4-8-20/h1-10H,11-19H2,(H,26,32)(H,27,33). The van der Waals surface area contributed by atoms with Gasteiger partial charge in [-0.05, 0) is 17.7 Å². The third-order valence-electron chi connectivity index (χ3n) is 5.72. The van der Waals surface area contributed by atoms with Crippen molar-refractivity contribution in [2.24, 2.45) is 0 Å². The van der Waals surface area contributed by atoms with E-state index in [1.807, 2.05) is 36.4 Å². The molecule has 1 fully saturated rings. The van der Waals surface area contributed by atoms with Crippen molar-refractivity contribution < 1.29 is 9.59 Å². The van der Waals surface area contributed by atoms with Gasteiger partial charge >= 0.3 is 0 Å². The molecular weight excluding hydrogens is 448 g/mol. The SMILES string of the molecule is O=C(CCc1nnc(C(=O)Nc2ccccc2)s1)NCCN1CCN(Cc2ccccc2)CC1. The number of hydrogen-bond acceptors (Lipinski definition) is 7. The number of para-hydroxylation sites is 1. The zero-order chi connectivity index (χ0) is 23.6. The summed E-state index contributed by atoms with van der Waals surface area (Å²) in [5.41, 5.74) is 2.06. The molecule has 2 amide bonds. The quantitative estimate of drug-likeness (QED) is 0.466. The van der Waals surface area contributed by atoms with Crippen LogP contribution in [0.5, 0.6) is 0 Å². The first-order chi connectivity index (χ1) is 16.7. The van der Waals surface area contributed by atoms with Crippen LogP contribution in [-0.2, 0) is 17.8 Å². The molecule has 34 heavy (non-hydrogen) atoms. The molecule has 0 atom stereocenters. The van der Waals surface area contributed by atoms with Crippen LogP contribution in [0.3, 0.4) is 0 Å². The zero-order valence-corrected chi connectivity index (χ0v) is 20.0. The van der Waals surface area contributed by atoms with Crippen molar-refractivity contribution in [3.63, 3.8) is 0 Å². The number of amides is 2. The summed E-state index contributed by atoms with van der Waals surface area (Å²) in [7, 11) is 0. The van der Waals surface area contributed by atoms with Crippen LogP contribution in [0, 0.1) is 0 Å². The van der Waals surface area contributed by atoms with E-state index in [1.165, 1.54) is 16.9 Å². The van der Waals surface area contributed by atoms with Crippen molar-refractivity contribution in [3.05, 3.63) is 76.2 Å². The molecule has 4 rings (SSSR count). The number of anilines is 1. The Balaban J connectivity index is 1.10. The van der Waals surface area contributed by atoms with Gasteiger partial charge in [0.25, 0.3) is 5.91 Å². The van der Waals surface area contributed by atoms with Crippen LogP contribution in [0.25, 0.3) is 0 Å². The molecule has 2 aromatic carbocycles. The lowest BCUT2D eigenvalue weighted by atomic mass is 10.2. The second kappa shape index (κ2) is 12.4. The van der Waals surface area contributed by atoms with Crippen LogP contribution in [0.15, 0.2) is 60.7 Å². The fourth-order valence-corrected chi connectivity index (χ4v) is 4.56. The Labute approximate surface area is 204 Å². The molecule has 1 aromatic heterocycles. The Kier molecular flexibility index (Phi) is 8.72. The van der Waals surface area contributed by atoms with E-state index >= 15 is 0 Å². The molecule has 0 saturated carbocycles. The number of aromatic nitrogens is 2. The summed E-state index contributed by atoms with van der Waals surface area (Å²) in [6, 6.07) is 19.8. The highest BCUT2D eigenvalue weighted by Gasteiger charge is 2.17. The van der Waals surface area contributed by atoms with Gasteiger partial charge in [-0.1, -0.05) is 59.9 Å². The van der Waals surface area contributed by atoms with Crippen LogP contribution in [0.1, 0.15) is 26.8 Å². The Morgan fingerprint density at radius 2 is 1.56 bits per heavy atom. The summed E-state index contributed by atoms with van der Waals surface area (Å²) in [4.78, 5) is 29.4. The number of piperazine rings is 1.